The molecule has 0 atom stereocenters. The van der Waals surface area contributed by atoms with Gasteiger partial charge in [0.05, 0.1) is 22.8 Å². The molecule has 1 aromatic carbocycles. The second-order valence-corrected chi connectivity index (χ2v) is 7.62. The first-order valence-corrected chi connectivity index (χ1v) is 9.55. The molecule has 1 aromatic heterocycles. The van der Waals surface area contributed by atoms with Crippen molar-refractivity contribution in [1.82, 2.24) is 4.98 Å². The summed E-state index contributed by atoms with van der Waals surface area (Å²) in [4.78, 5) is 14.5. The van der Waals surface area contributed by atoms with Crippen LogP contribution in [0.5, 0.6) is 0 Å². The number of rotatable bonds is 7. The zero-order valence-electron chi connectivity index (χ0n) is 14.9. The van der Waals surface area contributed by atoms with Crippen molar-refractivity contribution in [3.8, 4) is 17.3 Å². The molecule has 10 heteroatoms. The zero-order chi connectivity index (χ0) is 20.2. The van der Waals surface area contributed by atoms with Gasteiger partial charge in [0.15, 0.2) is 14.9 Å². The molecule has 9 nitrogen and oxygen atoms in total. The van der Waals surface area contributed by atoms with Gasteiger partial charge in [0.25, 0.3) is 5.69 Å². The predicted molar refractivity (Wildman–Crippen MR) is 95.6 cm³/mol. The number of hydrogen-bond donors (Lipinski definition) is 0. The highest BCUT2D eigenvalue weighted by molar-refractivity contribution is 7.90. The molecule has 0 amide bonds. The van der Waals surface area contributed by atoms with Crippen molar-refractivity contribution in [1.29, 1.82) is 5.26 Å². The number of benzene rings is 1. The summed E-state index contributed by atoms with van der Waals surface area (Å²) >= 11 is 0. The van der Waals surface area contributed by atoms with Gasteiger partial charge in [-0.05, 0) is 24.6 Å². The van der Waals surface area contributed by atoms with E-state index in [2.05, 4.69) is 4.98 Å². The smallest absolute Gasteiger partial charge is 0.269 e. The third-order valence-electron chi connectivity index (χ3n) is 3.80. The predicted octanol–water partition coefficient (Wildman–Crippen LogP) is 2.36. The monoisotopic (exact) mass is 391 g/mol. The lowest BCUT2D eigenvalue weighted by molar-refractivity contribution is -0.384. The van der Waals surface area contributed by atoms with Crippen LogP contribution in [0.1, 0.15) is 16.7 Å². The number of non-ortho nitro benzene ring substituents is 1. The number of nitrogens with zero attached hydrogens (tertiary/aromatic N) is 3. The summed E-state index contributed by atoms with van der Waals surface area (Å²) in [7, 11) is -2.32. The molecule has 0 unspecified atom stereocenters. The summed E-state index contributed by atoms with van der Waals surface area (Å²) in [6.45, 7) is 1.63. The average molecular weight is 391 g/mol. The first-order chi connectivity index (χ1) is 12.7. The van der Waals surface area contributed by atoms with Gasteiger partial charge in [-0.3, -0.25) is 10.1 Å². The first kappa shape index (κ1) is 20.4. The molecule has 0 aliphatic carbocycles. The van der Waals surface area contributed by atoms with Crippen molar-refractivity contribution in [3.05, 3.63) is 51.1 Å². The van der Waals surface area contributed by atoms with Crippen LogP contribution in [0.15, 0.2) is 29.3 Å². The largest absolute Gasteiger partial charge is 0.359 e. The fourth-order valence-electron chi connectivity index (χ4n) is 2.50. The molecular weight excluding hydrogens is 374 g/mol. The Kier molecular flexibility index (Phi) is 6.22. The molecule has 0 aliphatic heterocycles. The molecule has 2 aromatic rings. The molecule has 0 fully saturated rings. The van der Waals surface area contributed by atoms with E-state index in [-0.39, 0.29) is 35.4 Å². The number of sulfone groups is 1. The van der Waals surface area contributed by atoms with E-state index in [9.17, 15) is 23.8 Å². The van der Waals surface area contributed by atoms with Crippen LogP contribution in [0.2, 0.25) is 0 Å². The second-order valence-electron chi connectivity index (χ2n) is 5.69. The Labute approximate surface area is 156 Å². The van der Waals surface area contributed by atoms with Crippen molar-refractivity contribution in [2.24, 2.45) is 0 Å². The van der Waals surface area contributed by atoms with Gasteiger partial charge in [0.1, 0.15) is 12.9 Å². The number of hydrogen-bond acceptors (Lipinski definition) is 8. The van der Waals surface area contributed by atoms with E-state index in [0.29, 0.717) is 16.7 Å². The maximum atomic E-state index is 12.1. The van der Waals surface area contributed by atoms with E-state index in [1.165, 1.54) is 31.4 Å². The maximum absolute atomic E-state index is 12.1. The SMILES string of the molecule is COCOCc1c(-c2ccc([N+](=O)[O-])cc2)nc(S(C)(=O)=O)c(C#N)c1C. The highest BCUT2D eigenvalue weighted by Gasteiger charge is 2.24. The Hall–Kier alpha value is -2.87. The quantitative estimate of drug-likeness (QED) is 0.304. The van der Waals surface area contributed by atoms with Crippen LogP contribution in [-0.2, 0) is 25.9 Å². The molecule has 0 spiro atoms. The van der Waals surface area contributed by atoms with Crippen LogP contribution in [0.25, 0.3) is 11.3 Å². The van der Waals surface area contributed by atoms with Gasteiger partial charge in [-0.1, -0.05) is 0 Å². The fourth-order valence-corrected chi connectivity index (χ4v) is 3.32. The summed E-state index contributed by atoms with van der Waals surface area (Å²) in [6.07, 6.45) is 0.969. The second kappa shape index (κ2) is 8.22. The van der Waals surface area contributed by atoms with Gasteiger partial charge < -0.3 is 9.47 Å². The van der Waals surface area contributed by atoms with Gasteiger partial charge in [-0.15, -0.1) is 0 Å². The molecule has 0 radical (unpaired) electrons. The average Bonchev–Trinajstić information content (AvgIpc) is 2.62. The molecule has 0 saturated heterocycles. The number of ether oxygens (including phenoxy) is 2. The molecule has 0 aliphatic rings. The molecule has 0 bridgehead atoms. The third-order valence-corrected chi connectivity index (χ3v) is 4.80. The number of pyridine rings is 1. The number of nitro groups is 1. The highest BCUT2D eigenvalue weighted by Crippen LogP contribution is 2.31. The Morgan fingerprint density at radius 3 is 2.41 bits per heavy atom. The standard InChI is InChI=1S/C17H17N3O6S/c1-11-14(8-18)17(27(3,23)24)19-16(15(11)9-26-10-25-2)12-4-6-13(7-5-12)20(21)22/h4-7H,9-10H2,1-3H3. The van der Waals surface area contributed by atoms with Crippen molar-refractivity contribution >= 4 is 15.5 Å². The molecule has 1 heterocycles. The van der Waals surface area contributed by atoms with Gasteiger partial charge in [0.2, 0.25) is 0 Å². The summed E-state index contributed by atoms with van der Waals surface area (Å²) in [5.74, 6) is 0. The first-order valence-electron chi connectivity index (χ1n) is 7.65. The van der Waals surface area contributed by atoms with Crippen molar-refractivity contribution in [3.63, 3.8) is 0 Å². The Balaban J connectivity index is 2.73. The molecule has 0 saturated carbocycles. The Morgan fingerprint density at radius 2 is 1.93 bits per heavy atom. The molecule has 27 heavy (non-hydrogen) atoms. The number of methoxy groups -OCH3 is 1. The minimum atomic E-state index is -3.77. The number of nitriles is 1. The minimum absolute atomic E-state index is 0.00510. The Bertz CT molecular complexity index is 1010. The summed E-state index contributed by atoms with van der Waals surface area (Å²) in [6, 6.07) is 7.42. The highest BCUT2D eigenvalue weighted by atomic mass is 32.2. The van der Waals surface area contributed by atoms with E-state index in [0.717, 1.165) is 6.26 Å². The lowest BCUT2D eigenvalue weighted by atomic mass is 9.99. The van der Waals surface area contributed by atoms with Gasteiger partial charge in [0, 0.05) is 36.6 Å². The van der Waals surface area contributed by atoms with Crippen LogP contribution in [0, 0.1) is 28.4 Å². The van der Waals surface area contributed by atoms with Crippen molar-refractivity contribution in [2.45, 2.75) is 18.6 Å². The molecule has 0 N–H and O–H groups in total. The van der Waals surface area contributed by atoms with E-state index < -0.39 is 14.8 Å². The van der Waals surface area contributed by atoms with Gasteiger partial charge in [-0.2, -0.15) is 5.26 Å². The lowest BCUT2D eigenvalue weighted by Gasteiger charge is -2.16. The maximum Gasteiger partial charge on any atom is 0.269 e. The Morgan fingerprint density at radius 1 is 1.30 bits per heavy atom. The van der Waals surface area contributed by atoms with Gasteiger partial charge in [-0.25, -0.2) is 13.4 Å². The third kappa shape index (κ3) is 4.46. The van der Waals surface area contributed by atoms with Crippen LogP contribution in [0.4, 0.5) is 5.69 Å². The van der Waals surface area contributed by atoms with E-state index in [1.807, 2.05) is 6.07 Å². The fraction of sp³-hybridized carbons (Fsp3) is 0.294. The molecule has 2 rings (SSSR count). The van der Waals surface area contributed by atoms with Crippen LogP contribution >= 0.6 is 0 Å². The van der Waals surface area contributed by atoms with Crippen LogP contribution < -0.4 is 0 Å². The van der Waals surface area contributed by atoms with E-state index in [4.69, 9.17) is 9.47 Å². The van der Waals surface area contributed by atoms with Crippen molar-refractivity contribution in [2.75, 3.05) is 20.2 Å². The molecular formula is C17H17N3O6S. The zero-order valence-corrected chi connectivity index (χ0v) is 15.7. The van der Waals surface area contributed by atoms with Crippen molar-refractivity contribution < 1.29 is 22.8 Å². The number of nitro benzene ring substituents is 1. The minimum Gasteiger partial charge on any atom is -0.359 e. The van der Waals surface area contributed by atoms with E-state index >= 15 is 0 Å². The summed E-state index contributed by atoms with van der Waals surface area (Å²) in [5.41, 5.74) is 1.50. The summed E-state index contributed by atoms with van der Waals surface area (Å²) in [5, 5.41) is 19.9. The van der Waals surface area contributed by atoms with Crippen LogP contribution in [0.3, 0.4) is 0 Å². The lowest BCUT2D eigenvalue weighted by Crippen LogP contribution is -2.11. The van der Waals surface area contributed by atoms with Gasteiger partial charge >= 0.3 is 0 Å². The summed E-state index contributed by atoms with van der Waals surface area (Å²) < 4.78 is 34.4. The van der Waals surface area contributed by atoms with Crippen LogP contribution in [-0.4, -0.2) is 38.5 Å². The van der Waals surface area contributed by atoms with E-state index in [1.54, 1.807) is 6.92 Å². The number of aromatic nitrogens is 1. The molecule has 142 valence electrons. The normalized spacial score (nSPS) is 11.2. The topological polar surface area (TPSA) is 132 Å².